The average molecular weight is 263 g/mol. The number of hydrogen-bond donors (Lipinski definition) is 1. The molecule has 0 aliphatic carbocycles. The topological polar surface area (TPSA) is 23.5 Å². The number of nitrogens with zero attached hydrogens (tertiary/aromatic N) is 1. The second-order valence-electron chi connectivity index (χ2n) is 4.18. The van der Waals surface area contributed by atoms with Gasteiger partial charge in [-0.15, -0.1) is 0 Å². The number of aliphatic hydroxyl groups is 1. The fraction of sp³-hybridized carbons (Fsp3) is 0.200. The first-order valence-electron chi connectivity index (χ1n) is 6.10. The molecular weight excluding hydrogens is 248 g/mol. The molecule has 100 valence electrons. The summed E-state index contributed by atoms with van der Waals surface area (Å²) >= 11 is 0. The van der Waals surface area contributed by atoms with Crippen LogP contribution >= 0.6 is 0 Å². The molecule has 0 heterocycles. The number of anilines is 2. The second kappa shape index (κ2) is 6.29. The summed E-state index contributed by atoms with van der Waals surface area (Å²) in [6.45, 7) is 0.645. The Balaban J connectivity index is 2.29. The molecule has 0 radical (unpaired) electrons. The van der Waals surface area contributed by atoms with Gasteiger partial charge in [-0.1, -0.05) is 0 Å². The van der Waals surface area contributed by atoms with Crippen LogP contribution in [-0.2, 0) is 0 Å². The Morgan fingerprint density at radius 2 is 1.21 bits per heavy atom. The van der Waals surface area contributed by atoms with Crippen LogP contribution in [0, 0.1) is 11.6 Å². The van der Waals surface area contributed by atoms with Gasteiger partial charge in [0.1, 0.15) is 11.6 Å². The van der Waals surface area contributed by atoms with Crippen LogP contribution in [-0.4, -0.2) is 18.3 Å². The monoisotopic (exact) mass is 263 g/mol. The van der Waals surface area contributed by atoms with Gasteiger partial charge in [-0.05, 0) is 55.0 Å². The molecule has 0 bridgehead atoms. The van der Waals surface area contributed by atoms with E-state index < -0.39 is 0 Å². The van der Waals surface area contributed by atoms with Gasteiger partial charge in [0.2, 0.25) is 0 Å². The molecule has 0 saturated carbocycles. The summed E-state index contributed by atoms with van der Waals surface area (Å²) in [5.41, 5.74) is 1.61. The molecule has 0 aliphatic rings. The van der Waals surface area contributed by atoms with Gasteiger partial charge in [-0.25, -0.2) is 8.78 Å². The summed E-state index contributed by atoms with van der Waals surface area (Å²) in [6, 6.07) is 12.2. The molecule has 2 rings (SSSR count). The van der Waals surface area contributed by atoms with Crippen molar-refractivity contribution in [3.05, 3.63) is 60.2 Å². The van der Waals surface area contributed by atoms with Crippen LogP contribution in [0.15, 0.2) is 48.5 Å². The fourth-order valence-electron chi connectivity index (χ4n) is 1.88. The van der Waals surface area contributed by atoms with E-state index in [4.69, 9.17) is 5.11 Å². The van der Waals surface area contributed by atoms with E-state index in [0.717, 1.165) is 11.4 Å². The molecule has 1 N–H and O–H groups in total. The highest BCUT2D eigenvalue weighted by Gasteiger charge is 2.09. The highest BCUT2D eigenvalue weighted by atomic mass is 19.1. The lowest BCUT2D eigenvalue weighted by molar-refractivity contribution is 0.291. The maximum Gasteiger partial charge on any atom is 0.123 e. The Hall–Kier alpha value is -1.94. The molecule has 2 aromatic carbocycles. The number of benzene rings is 2. The van der Waals surface area contributed by atoms with Crippen LogP contribution in [0.3, 0.4) is 0 Å². The third-order valence-corrected chi connectivity index (χ3v) is 2.82. The molecule has 0 aromatic heterocycles. The second-order valence-corrected chi connectivity index (χ2v) is 4.18. The van der Waals surface area contributed by atoms with Gasteiger partial charge in [-0.3, -0.25) is 0 Å². The van der Waals surface area contributed by atoms with Crippen molar-refractivity contribution in [2.75, 3.05) is 18.1 Å². The summed E-state index contributed by atoms with van der Waals surface area (Å²) in [5, 5.41) is 8.95. The summed E-state index contributed by atoms with van der Waals surface area (Å²) < 4.78 is 25.9. The van der Waals surface area contributed by atoms with Crippen LogP contribution < -0.4 is 4.90 Å². The Kier molecular flexibility index (Phi) is 4.47. The molecule has 0 amide bonds. The molecule has 0 spiro atoms. The number of halogens is 2. The Labute approximate surface area is 110 Å². The lowest BCUT2D eigenvalue weighted by atomic mass is 10.2. The van der Waals surface area contributed by atoms with E-state index in [1.54, 1.807) is 24.3 Å². The Morgan fingerprint density at radius 3 is 1.58 bits per heavy atom. The number of rotatable bonds is 5. The van der Waals surface area contributed by atoms with Crippen molar-refractivity contribution in [2.45, 2.75) is 6.42 Å². The van der Waals surface area contributed by atoms with Crippen molar-refractivity contribution in [1.29, 1.82) is 0 Å². The van der Waals surface area contributed by atoms with Gasteiger partial charge < -0.3 is 10.0 Å². The number of hydrogen-bond acceptors (Lipinski definition) is 2. The zero-order valence-electron chi connectivity index (χ0n) is 10.4. The SMILES string of the molecule is OCCCN(c1ccc(F)cc1)c1ccc(F)cc1. The molecule has 2 nitrogen and oxygen atoms in total. The van der Waals surface area contributed by atoms with Gasteiger partial charge in [-0.2, -0.15) is 0 Å². The van der Waals surface area contributed by atoms with Gasteiger partial charge in [0.25, 0.3) is 0 Å². The molecule has 0 aliphatic heterocycles. The quantitative estimate of drug-likeness (QED) is 0.892. The van der Waals surface area contributed by atoms with Crippen LogP contribution in [0.2, 0.25) is 0 Å². The lowest BCUT2D eigenvalue weighted by Gasteiger charge is -2.24. The third kappa shape index (κ3) is 3.51. The fourth-order valence-corrected chi connectivity index (χ4v) is 1.88. The van der Waals surface area contributed by atoms with Crippen LogP contribution in [0.1, 0.15) is 6.42 Å². The van der Waals surface area contributed by atoms with E-state index >= 15 is 0 Å². The zero-order chi connectivity index (χ0) is 13.7. The molecule has 2 aromatic rings. The molecule has 0 unspecified atom stereocenters. The normalized spacial score (nSPS) is 10.5. The van der Waals surface area contributed by atoms with E-state index in [-0.39, 0.29) is 18.2 Å². The Bertz CT molecular complexity index is 465. The van der Waals surface area contributed by atoms with Gasteiger partial charge in [0.15, 0.2) is 0 Å². The highest BCUT2D eigenvalue weighted by Crippen LogP contribution is 2.25. The van der Waals surface area contributed by atoms with Crippen molar-refractivity contribution in [3.8, 4) is 0 Å². The minimum atomic E-state index is -0.301. The minimum absolute atomic E-state index is 0.0683. The minimum Gasteiger partial charge on any atom is -0.396 e. The highest BCUT2D eigenvalue weighted by molar-refractivity contribution is 5.62. The molecular formula is C15H15F2NO. The largest absolute Gasteiger partial charge is 0.396 e. The first kappa shape index (κ1) is 13.5. The van der Waals surface area contributed by atoms with Crippen molar-refractivity contribution in [2.24, 2.45) is 0 Å². The molecule has 0 saturated heterocycles. The maximum atomic E-state index is 12.9. The van der Waals surface area contributed by atoms with Gasteiger partial charge in [0, 0.05) is 24.5 Å². The maximum absolute atomic E-state index is 12.9. The molecule has 4 heteroatoms. The van der Waals surface area contributed by atoms with Crippen LogP contribution in [0.5, 0.6) is 0 Å². The average Bonchev–Trinajstić information content (AvgIpc) is 2.43. The molecule has 19 heavy (non-hydrogen) atoms. The van der Waals surface area contributed by atoms with Crippen molar-refractivity contribution in [1.82, 2.24) is 0 Å². The summed E-state index contributed by atoms with van der Waals surface area (Å²) in [7, 11) is 0. The van der Waals surface area contributed by atoms with Crippen LogP contribution in [0.4, 0.5) is 20.2 Å². The molecule has 0 atom stereocenters. The first-order chi connectivity index (χ1) is 9.20. The summed E-state index contributed by atoms with van der Waals surface area (Å²) in [6.07, 6.45) is 0.578. The zero-order valence-corrected chi connectivity index (χ0v) is 10.4. The predicted molar refractivity (Wildman–Crippen MR) is 71.5 cm³/mol. The molecule has 0 fully saturated rings. The third-order valence-electron chi connectivity index (χ3n) is 2.82. The van der Waals surface area contributed by atoms with Crippen LogP contribution in [0.25, 0.3) is 0 Å². The number of aliphatic hydroxyl groups excluding tert-OH is 1. The lowest BCUT2D eigenvalue weighted by Crippen LogP contribution is -2.19. The smallest absolute Gasteiger partial charge is 0.123 e. The van der Waals surface area contributed by atoms with Crippen molar-refractivity contribution < 1.29 is 13.9 Å². The van der Waals surface area contributed by atoms with E-state index in [1.165, 1.54) is 24.3 Å². The van der Waals surface area contributed by atoms with Crippen molar-refractivity contribution in [3.63, 3.8) is 0 Å². The van der Waals surface area contributed by atoms with Gasteiger partial charge >= 0.3 is 0 Å². The van der Waals surface area contributed by atoms with E-state index in [1.807, 2.05) is 4.90 Å². The standard InChI is InChI=1S/C15H15F2NO/c16-12-2-6-14(7-3-12)18(10-1-11-19)15-8-4-13(17)5-9-15/h2-9,19H,1,10-11H2. The predicted octanol–water partition coefficient (Wildman–Crippen LogP) is 3.49. The van der Waals surface area contributed by atoms with E-state index in [0.29, 0.717) is 13.0 Å². The van der Waals surface area contributed by atoms with E-state index in [2.05, 4.69) is 0 Å². The summed E-state index contributed by atoms with van der Waals surface area (Å²) in [4.78, 5) is 1.91. The van der Waals surface area contributed by atoms with Gasteiger partial charge in [0.05, 0.1) is 0 Å². The van der Waals surface area contributed by atoms with E-state index in [9.17, 15) is 8.78 Å². The Morgan fingerprint density at radius 1 is 0.789 bits per heavy atom. The summed E-state index contributed by atoms with van der Waals surface area (Å²) in [5.74, 6) is -0.602. The first-order valence-corrected chi connectivity index (χ1v) is 6.10. The van der Waals surface area contributed by atoms with Crippen molar-refractivity contribution >= 4 is 11.4 Å².